The van der Waals surface area contributed by atoms with Crippen LogP contribution >= 0.6 is 23.2 Å². The van der Waals surface area contributed by atoms with E-state index in [-0.39, 0.29) is 16.5 Å². The van der Waals surface area contributed by atoms with Gasteiger partial charge in [-0.1, -0.05) is 23.2 Å². The first-order chi connectivity index (χ1) is 6.92. The van der Waals surface area contributed by atoms with Crippen molar-refractivity contribution in [1.29, 1.82) is 0 Å². The molecule has 0 aliphatic carbocycles. The van der Waals surface area contributed by atoms with Gasteiger partial charge in [-0.25, -0.2) is 13.1 Å². The van der Waals surface area contributed by atoms with E-state index in [1.165, 1.54) is 19.2 Å². The Balaban J connectivity index is 3.44. The lowest BCUT2D eigenvalue weighted by Crippen LogP contribution is -2.19. The maximum Gasteiger partial charge on any atom is 0.241 e. The zero-order valence-corrected chi connectivity index (χ0v) is 10.2. The second-order valence-corrected chi connectivity index (χ2v) is 5.46. The molecular weight excluding hydrogens is 259 g/mol. The number of nitrogens with one attached hydrogen (secondary N) is 1. The first-order valence-electron chi connectivity index (χ1n) is 4.04. The van der Waals surface area contributed by atoms with Crippen LogP contribution in [-0.2, 0) is 16.6 Å². The van der Waals surface area contributed by atoms with Crippen molar-refractivity contribution < 1.29 is 8.42 Å². The third-order valence-corrected chi connectivity index (χ3v) is 4.11. The van der Waals surface area contributed by atoms with Crippen LogP contribution in [-0.4, -0.2) is 15.5 Å². The zero-order chi connectivity index (χ0) is 11.6. The molecule has 84 valence electrons. The number of nitrogens with two attached hydrogens (primary N) is 1. The second-order valence-electron chi connectivity index (χ2n) is 2.79. The van der Waals surface area contributed by atoms with E-state index in [1.807, 2.05) is 0 Å². The Morgan fingerprint density at radius 2 is 1.93 bits per heavy atom. The predicted octanol–water partition coefficient (Wildman–Crippen LogP) is 1.36. The summed E-state index contributed by atoms with van der Waals surface area (Å²) in [6, 6.07) is 2.74. The van der Waals surface area contributed by atoms with Gasteiger partial charge < -0.3 is 5.73 Å². The van der Waals surface area contributed by atoms with Crippen LogP contribution in [0.4, 0.5) is 0 Å². The summed E-state index contributed by atoms with van der Waals surface area (Å²) in [5, 5.41) is 0.434. The molecule has 0 saturated heterocycles. The van der Waals surface area contributed by atoms with Crippen molar-refractivity contribution in [2.45, 2.75) is 11.4 Å². The van der Waals surface area contributed by atoms with Crippen LogP contribution in [0, 0.1) is 0 Å². The molecule has 0 fully saturated rings. The molecule has 0 radical (unpaired) electrons. The van der Waals surface area contributed by atoms with Crippen LogP contribution in [0.5, 0.6) is 0 Å². The third-order valence-electron chi connectivity index (χ3n) is 1.88. The smallest absolute Gasteiger partial charge is 0.241 e. The summed E-state index contributed by atoms with van der Waals surface area (Å²) >= 11 is 11.6. The Bertz CT molecular complexity index is 474. The molecule has 0 spiro atoms. The molecule has 15 heavy (non-hydrogen) atoms. The minimum absolute atomic E-state index is 0.0171. The molecule has 0 saturated carbocycles. The van der Waals surface area contributed by atoms with Gasteiger partial charge in [0.1, 0.15) is 4.90 Å². The Kier molecular flexibility index (Phi) is 3.97. The Morgan fingerprint density at radius 3 is 2.40 bits per heavy atom. The van der Waals surface area contributed by atoms with Crippen LogP contribution in [0.25, 0.3) is 0 Å². The zero-order valence-electron chi connectivity index (χ0n) is 7.92. The van der Waals surface area contributed by atoms with Crippen LogP contribution in [0.1, 0.15) is 5.56 Å². The van der Waals surface area contributed by atoms with Gasteiger partial charge in [-0.15, -0.1) is 0 Å². The van der Waals surface area contributed by atoms with Gasteiger partial charge in [-0.05, 0) is 24.7 Å². The molecule has 0 bridgehead atoms. The summed E-state index contributed by atoms with van der Waals surface area (Å²) in [6.45, 7) is 0.155. The number of benzene rings is 1. The summed E-state index contributed by atoms with van der Waals surface area (Å²) in [5.41, 5.74) is 5.95. The quantitative estimate of drug-likeness (QED) is 0.870. The molecule has 0 aliphatic heterocycles. The first-order valence-corrected chi connectivity index (χ1v) is 6.28. The van der Waals surface area contributed by atoms with Gasteiger partial charge in [0, 0.05) is 11.6 Å². The third kappa shape index (κ3) is 2.62. The minimum Gasteiger partial charge on any atom is -0.326 e. The molecular formula is C8H10Cl2N2O2S. The average molecular weight is 269 g/mol. The fourth-order valence-electron chi connectivity index (χ4n) is 1.04. The van der Waals surface area contributed by atoms with Gasteiger partial charge in [0.25, 0.3) is 0 Å². The van der Waals surface area contributed by atoms with Crippen molar-refractivity contribution in [2.75, 3.05) is 7.05 Å². The van der Waals surface area contributed by atoms with Crippen LogP contribution in [0.2, 0.25) is 10.0 Å². The number of hydrogen-bond donors (Lipinski definition) is 2. The summed E-state index contributed by atoms with van der Waals surface area (Å²) < 4.78 is 25.2. The van der Waals surface area contributed by atoms with Gasteiger partial charge in [0.15, 0.2) is 0 Å². The maximum absolute atomic E-state index is 11.5. The van der Waals surface area contributed by atoms with Crippen molar-refractivity contribution in [3.05, 3.63) is 27.7 Å². The van der Waals surface area contributed by atoms with Gasteiger partial charge >= 0.3 is 0 Å². The first kappa shape index (κ1) is 12.7. The molecule has 4 nitrogen and oxygen atoms in total. The summed E-state index contributed by atoms with van der Waals surface area (Å²) in [7, 11) is -2.27. The Morgan fingerprint density at radius 1 is 1.33 bits per heavy atom. The van der Waals surface area contributed by atoms with E-state index >= 15 is 0 Å². The van der Waals surface area contributed by atoms with E-state index in [9.17, 15) is 8.42 Å². The highest BCUT2D eigenvalue weighted by Gasteiger charge is 2.17. The average Bonchev–Trinajstić information content (AvgIpc) is 2.17. The van der Waals surface area contributed by atoms with E-state index in [4.69, 9.17) is 28.9 Å². The molecule has 7 heteroatoms. The number of sulfonamides is 1. The predicted molar refractivity (Wildman–Crippen MR) is 60.6 cm³/mol. The largest absolute Gasteiger partial charge is 0.326 e. The lowest BCUT2D eigenvalue weighted by molar-refractivity contribution is 0.588. The maximum atomic E-state index is 11.5. The topological polar surface area (TPSA) is 72.2 Å². The molecule has 1 aromatic carbocycles. The fourth-order valence-corrected chi connectivity index (χ4v) is 2.64. The van der Waals surface area contributed by atoms with E-state index < -0.39 is 10.0 Å². The van der Waals surface area contributed by atoms with E-state index in [2.05, 4.69) is 4.72 Å². The Labute approximate surface area is 98.4 Å². The summed E-state index contributed by atoms with van der Waals surface area (Å²) in [5.74, 6) is 0. The van der Waals surface area contributed by atoms with Crippen LogP contribution < -0.4 is 10.5 Å². The van der Waals surface area contributed by atoms with Crippen LogP contribution in [0.15, 0.2) is 17.0 Å². The highest BCUT2D eigenvalue weighted by molar-refractivity contribution is 7.89. The number of hydrogen-bond acceptors (Lipinski definition) is 3. The van der Waals surface area contributed by atoms with Crippen molar-refractivity contribution in [2.24, 2.45) is 5.73 Å². The molecule has 0 aromatic heterocycles. The molecule has 1 aromatic rings. The highest BCUT2D eigenvalue weighted by atomic mass is 35.5. The molecule has 3 N–H and O–H groups in total. The van der Waals surface area contributed by atoms with E-state index in [0.717, 1.165) is 0 Å². The Hall–Kier alpha value is -0.330. The van der Waals surface area contributed by atoms with Crippen molar-refractivity contribution >= 4 is 33.2 Å². The molecule has 0 amide bonds. The molecule has 0 unspecified atom stereocenters. The molecule has 0 heterocycles. The lowest BCUT2D eigenvalue weighted by atomic mass is 10.2. The molecule has 0 aliphatic rings. The van der Waals surface area contributed by atoms with Gasteiger partial charge in [0.05, 0.1) is 5.02 Å². The highest BCUT2D eigenvalue weighted by Crippen LogP contribution is 2.28. The minimum atomic E-state index is -3.57. The number of rotatable bonds is 3. The van der Waals surface area contributed by atoms with E-state index in [1.54, 1.807) is 0 Å². The molecule has 1 rings (SSSR count). The SMILES string of the molecule is CNS(=O)(=O)c1cc(CN)c(Cl)cc1Cl. The lowest BCUT2D eigenvalue weighted by Gasteiger charge is -2.08. The monoisotopic (exact) mass is 268 g/mol. The second kappa shape index (κ2) is 4.67. The van der Waals surface area contributed by atoms with Crippen LogP contribution in [0.3, 0.4) is 0 Å². The standard InChI is InChI=1S/C8H10Cl2N2O2S/c1-12-15(13,14)8-2-5(4-11)6(9)3-7(8)10/h2-3,12H,4,11H2,1H3. The van der Waals surface area contributed by atoms with Crippen molar-refractivity contribution in [1.82, 2.24) is 4.72 Å². The normalized spacial score (nSPS) is 11.7. The van der Waals surface area contributed by atoms with Gasteiger partial charge in [0.2, 0.25) is 10.0 Å². The number of halogens is 2. The van der Waals surface area contributed by atoms with Gasteiger partial charge in [-0.2, -0.15) is 0 Å². The fraction of sp³-hybridized carbons (Fsp3) is 0.250. The van der Waals surface area contributed by atoms with Gasteiger partial charge in [-0.3, -0.25) is 0 Å². The van der Waals surface area contributed by atoms with Crippen molar-refractivity contribution in [3.63, 3.8) is 0 Å². The van der Waals surface area contributed by atoms with E-state index in [0.29, 0.717) is 10.6 Å². The summed E-state index contributed by atoms with van der Waals surface area (Å²) in [4.78, 5) is -0.0171. The summed E-state index contributed by atoms with van der Waals surface area (Å²) in [6.07, 6.45) is 0. The van der Waals surface area contributed by atoms with Crippen molar-refractivity contribution in [3.8, 4) is 0 Å². The molecule has 0 atom stereocenters.